The summed E-state index contributed by atoms with van der Waals surface area (Å²) in [6.45, 7) is 0. The standard InChI is InChI=1S/C16H12O/c1-2-6-10-9(5-1)13-11-7-3-4-8-12(11)14(10)16-15(13)17-16/h1-8,13-16H. The Morgan fingerprint density at radius 3 is 1.29 bits per heavy atom. The zero-order chi connectivity index (χ0) is 11.0. The van der Waals surface area contributed by atoms with E-state index in [4.69, 9.17) is 4.74 Å². The van der Waals surface area contributed by atoms with E-state index in [1.807, 2.05) is 0 Å². The van der Waals surface area contributed by atoms with Crippen molar-refractivity contribution in [1.82, 2.24) is 0 Å². The first kappa shape index (κ1) is 8.48. The van der Waals surface area contributed by atoms with Crippen molar-refractivity contribution in [2.45, 2.75) is 24.0 Å². The fourth-order valence-corrected chi connectivity index (χ4v) is 3.87. The lowest BCUT2D eigenvalue weighted by Gasteiger charge is -2.37. The molecule has 2 aromatic rings. The minimum atomic E-state index is 0.449. The molecule has 6 rings (SSSR count). The van der Waals surface area contributed by atoms with Crippen LogP contribution >= 0.6 is 0 Å². The molecule has 2 unspecified atom stereocenters. The maximum atomic E-state index is 5.93. The average Bonchev–Trinajstić information content (AvgIpc) is 3.18. The fourth-order valence-electron chi connectivity index (χ4n) is 3.87. The Kier molecular flexibility index (Phi) is 1.31. The highest BCUT2D eigenvalue weighted by molar-refractivity contribution is 5.59. The van der Waals surface area contributed by atoms with Gasteiger partial charge in [0.05, 0.1) is 12.2 Å². The molecule has 82 valence electrons. The first-order chi connectivity index (χ1) is 8.45. The summed E-state index contributed by atoms with van der Waals surface area (Å²) in [5, 5.41) is 0. The number of ether oxygens (including phenoxy) is 1. The summed E-state index contributed by atoms with van der Waals surface area (Å²) >= 11 is 0. The first-order valence-electron chi connectivity index (χ1n) is 6.28. The lowest BCUT2D eigenvalue weighted by Crippen LogP contribution is -2.31. The molecule has 4 aliphatic rings. The number of hydrogen-bond acceptors (Lipinski definition) is 1. The molecule has 2 bridgehead atoms. The van der Waals surface area contributed by atoms with E-state index in [2.05, 4.69) is 48.5 Å². The molecule has 3 aliphatic carbocycles. The molecule has 17 heavy (non-hydrogen) atoms. The molecule has 2 atom stereocenters. The molecular weight excluding hydrogens is 208 g/mol. The Balaban J connectivity index is 1.89. The summed E-state index contributed by atoms with van der Waals surface area (Å²) in [5.74, 6) is 0.967. The Labute approximate surface area is 100 Å². The van der Waals surface area contributed by atoms with Crippen LogP contribution in [0, 0.1) is 0 Å². The minimum absolute atomic E-state index is 0.449. The third kappa shape index (κ3) is 0.872. The number of epoxide rings is 1. The average molecular weight is 220 g/mol. The second-order valence-corrected chi connectivity index (χ2v) is 5.28. The van der Waals surface area contributed by atoms with Gasteiger partial charge < -0.3 is 4.74 Å². The van der Waals surface area contributed by atoms with Crippen LogP contribution in [0.25, 0.3) is 0 Å². The van der Waals surface area contributed by atoms with Gasteiger partial charge in [0.25, 0.3) is 0 Å². The summed E-state index contributed by atoms with van der Waals surface area (Å²) in [4.78, 5) is 0. The van der Waals surface area contributed by atoms with E-state index >= 15 is 0 Å². The lowest BCUT2D eigenvalue weighted by molar-refractivity contribution is 0.364. The van der Waals surface area contributed by atoms with Crippen molar-refractivity contribution in [3.8, 4) is 0 Å². The molecule has 1 fully saturated rings. The monoisotopic (exact) mass is 220 g/mol. The second-order valence-electron chi connectivity index (χ2n) is 5.28. The highest BCUT2D eigenvalue weighted by Gasteiger charge is 2.60. The summed E-state index contributed by atoms with van der Waals surface area (Å²) in [7, 11) is 0. The van der Waals surface area contributed by atoms with Crippen molar-refractivity contribution in [3.63, 3.8) is 0 Å². The predicted octanol–water partition coefficient (Wildman–Crippen LogP) is 3.04. The van der Waals surface area contributed by atoms with Crippen molar-refractivity contribution < 1.29 is 4.74 Å². The summed E-state index contributed by atoms with van der Waals surface area (Å²) in [5.41, 5.74) is 5.98. The fraction of sp³-hybridized carbons (Fsp3) is 0.250. The highest BCUT2D eigenvalue weighted by Crippen LogP contribution is 2.60. The van der Waals surface area contributed by atoms with E-state index in [1.54, 1.807) is 0 Å². The van der Waals surface area contributed by atoms with Crippen LogP contribution in [0.3, 0.4) is 0 Å². The minimum Gasteiger partial charge on any atom is -0.368 e. The quantitative estimate of drug-likeness (QED) is 0.622. The zero-order valence-electron chi connectivity index (χ0n) is 9.34. The van der Waals surface area contributed by atoms with Gasteiger partial charge in [0.15, 0.2) is 0 Å². The summed E-state index contributed by atoms with van der Waals surface area (Å²) < 4.78 is 5.93. The van der Waals surface area contributed by atoms with Gasteiger partial charge in [-0.05, 0) is 22.3 Å². The first-order valence-corrected chi connectivity index (χ1v) is 6.28. The van der Waals surface area contributed by atoms with E-state index in [1.165, 1.54) is 22.3 Å². The Hall–Kier alpha value is -1.60. The van der Waals surface area contributed by atoms with Gasteiger partial charge in [0, 0.05) is 11.8 Å². The molecule has 0 N–H and O–H groups in total. The van der Waals surface area contributed by atoms with Gasteiger partial charge >= 0.3 is 0 Å². The molecule has 2 aromatic carbocycles. The molecule has 1 heteroatoms. The van der Waals surface area contributed by atoms with E-state index in [-0.39, 0.29) is 0 Å². The van der Waals surface area contributed by atoms with Gasteiger partial charge in [-0.1, -0.05) is 48.5 Å². The van der Waals surface area contributed by atoms with Crippen molar-refractivity contribution in [3.05, 3.63) is 70.8 Å². The van der Waals surface area contributed by atoms with Gasteiger partial charge in [-0.15, -0.1) is 0 Å². The second kappa shape index (κ2) is 2.62. The Bertz CT molecular complexity index is 529. The van der Waals surface area contributed by atoms with E-state index < -0.39 is 0 Å². The smallest absolute Gasteiger partial charge is 0.0960 e. The summed E-state index contributed by atoms with van der Waals surface area (Å²) in [6.07, 6.45) is 0.898. The van der Waals surface area contributed by atoms with E-state index in [0.717, 1.165) is 0 Å². The van der Waals surface area contributed by atoms with Crippen molar-refractivity contribution in [2.75, 3.05) is 0 Å². The van der Waals surface area contributed by atoms with Gasteiger partial charge in [-0.2, -0.15) is 0 Å². The van der Waals surface area contributed by atoms with Crippen molar-refractivity contribution >= 4 is 0 Å². The Morgan fingerprint density at radius 2 is 0.941 bits per heavy atom. The van der Waals surface area contributed by atoms with Crippen LogP contribution in [-0.2, 0) is 4.74 Å². The van der Waals surface area contributed by atoms with E-state index in [9.17, 15) is 0 Å². The molecule has 0 saturated carbocycles. The highest BCUT2D eigenvalue weighted by atomic mass is 16.6. The number of rotatable bonds is 0. The predicted molar refractivity (Wildman–Crippen MR) is 65.2 cm³/mol. The largest absolute Gasteiger partial charge is 0.368 e. The SMILES string of the molecule is c1ccc2c(c1)C1c3ccccc3C2C2OC12. The molecule has 0 radical (unpaired) electrons. The van der Waals surface area contributed by atoms with Crippen molar-refractivity contribution in [1.29, 1.82) is 0 Å². The third-order valence-electron chi connectivity index (χ3n) is 4.55. The molecule has 1 heterocycles. The van der Waals surface area contributed by atoms with Gasteiger partial charge in [0.2, 0.25) is 0 Å². The molecule has 1 aliphatic heterocycles. The number of hydrogen-bond donors (Lipinski definition) is 0. The van der Waals surface area contributed by atoms with Gasteiger partial charge in [-0.3, -0.25) is 0 Å². The van der Waals surface area contributed by atoms with Gasteiger partial charge in [-0.25, -0.2) is 0 Å². The molecule has 0 amide bonds. The van der Waals surface area contributed by atoms with Crippen LogP contribution in [0.5, 0.6) is 0 Å². The van der Waals surface area contributed by atoms with Crippen LogP contribution in [0.4, 0.5) is 0 Å². The van der Waals surface area contributed by atoms with Crippen LogP contribution in [0.1, 0.15) is 34.1 Å². The van der Waals surface area contributed by atoms with Crippen LogP contribution in [0.2, 0.25) is 0 Å². The molecule has 0 spiro atoms. The van der Waals surface area contributed by atoms with Crippen molar-refractivity contribution in [2.24, 2.45) is 0 Å². The number of benzene rings is 2. The van der Waals surface area contributed by atoms with Crippen LogP contribution in [-0.4, -0.2) is 12.2 Å². The molecule has 1 saturated heterocycles. The molecular formula is C16H12O. The maximum Gasteiger partial charge on any atom is 0.0960 e. The van der Waals surface area contributed by atoms with E-state index in [0.29, 0.717) is 24.0 Å². The molecule has 1 nitrogen and oxygen atoms in total. The third-order valence-corrected chi connectivity index (χ3v) is 4.55. The lowest BCUT2D eigenvalue weighted by atomic mass is 9.64. The Morgan fingerprint density at radius 1 is 0.588 bits per heavy atom. The molecule has 0 aromatic heterocycles. The topological polar surface area (TPSA) is 12.5 Å². The summed E-state index contributed by atoms with van der Waals surface area (Å²) in [6, 6.07) is 17.7. The normalized spacial score (nSPS) is 34.8. The van der Waals surface area contributed by atoms with Gasteiger partial charge in [0.1, 0.15) is 0 Å². The van der Waals surface area contributed by atoms with Crippen LogP contribution < -0.4 is 0 Å². The maximum absolute atomic E-state index is 5.93. The zero-order valence-corrected chi connectivity index (χ0v) is 9.34. The van der Waals surface area contributed by atoms with Crippen LogP contribution in [0.15, 0.2) is 48.5 Å².